The first-order valence-electron chi connectivity index (χ1n) is 7.60. The molecule has 2 atom stereocenters. The van der Waals surface area contributed by atoms with Crippen LogP contribution in [0, 0.1) is 13.8 Å². The van der Waals surface area contributed by atoms with Crippen molar-refractivity contribution in [2.24, 2.45) is 0 Å². The van der Waals surface area contributed by atoms with Crippen molar-refractivity contribution in [1.82, 2.24) is 14.3 Å². The molecule has 2 aliphatic rings. The number of imidazole rings is 1. The molecule has 6 heteroatoms. The zero-order valence-electron chi connectivity index (χ0n) is 12.5. The smallest absolute Gasteiger partial charge is 0.194 e. The van der Waals surface area contributed by atoms with E-state index in [-0.39, 0.29) is 0 Å². The third-order valence-corrected chi connectivity index (χ3v) is 6.74. The summed E-state index contributed by atoms with van der Waals surface area (Å²) in [7, 11) is 0. The number of hydrogen-bond acceptors (Lipinski definition) is 5. The van der Waals surface area contributed by atoms with Gasteiger partial charge in [-0.25, -0.2) is 4.98 Å². The van der Waals surface area contributed by atoms with E-state index >= 15 is 0 Å². The molecular formula is C15H21N3OS2. The summed E-state index contributed by atoms with van der Waals surface area (Å²) in [6.45, 7) is 8.34. The Kier molecular flexibility index (Phi) is 3.73. The van der Waals surface area contributed by atoms with Crippen LogP contribution in [0.4, 0.5) is 0 Å². The Morgan fingerprint density at radius 1 is 1.43 bits per heavy atom. The highest BCUT2D eigenvalue weighted by atomic mass is 32.2. The Balaban J connectivity index is 1.62. The molecule has 0 bridgehead atoms. The molecule has 0 amide bonds. The zero-order chi connectivity index (χ0) is 14.4. The average Bonchev–Trinajstić information content (AvgIpc) is 2.97. The van der Waals surface area contributed by atoms with Gasteiger partial charge in [-0.1, -0.05) is 0 Å². The minimum atomic E-state index is 0.653. The minimum absolute atomic E-state index is 0.653. The third kappa shape index (κ3) is 2.52. The SMILES string of the molecule is Cc1cn2c(CN3CCS[C@@H]4COCC[C@@H]43)c(C)nc2s1. The Hall–Kier alpha value is -0.560. The van der Waals surface area contributed by atoms with Crippen molar-refractivity contribution in [2.75, 3.05) is 25.5 Å². The predicted octanol–water partition coefficient (Wildman–Crippen LogP) is 2.72. The highest BCUT2D eigenvalue weighted by molar-refractivity contribution is 8.00. The number of nitrogens with zero attached hydrogens (tertiary/aromatic N) is 3. The first-order chi connectivity index (χ1) is 10.2. The number of thiazole rings is 1. The lowest BCUT2D eigenvalue weighted by Gasteiger charge is -2.43. The second-order valence-electron chi connectivity index (χ2n) is 5.95. The molecule has 0 N–H and O–H groups in total. The number of rotatable bonds is 2. The topological polar surface area (TPSA) is 29.8 Å². The number of fused-ring (bicyclic) bond motifs is 2. The molecule has 4 nitrogen and oxygen atoms in total. The van der Waals surface area contributed by atoms with Gasteiger partial charge in [-0.3, -0.25) is 9.30 Å². The van der Waals surface area contributed by atoms with Gasteiger partial charge in [-0.2, -0.15) is 11.8 Å². The van der Waals surface area contributed by atoms with Crippen LogP contribution in [0.2, 0.25) is 0 Å². The Labute approximate surface area is 133 Å². The summed E-state index contributed by atoms with van der Waals surface area (Å²) in [5, 5.41) is 0.653. The maximum Gasteiger partial charge on any atom is 0.194 e. The molecule has 0 aliphatic carbocycles. The quantitative estimate of drug-likeness (QED) is 0.850. The maximum atomic E-state index is 5.66. The molecule has 2 fully saturated rings. The molecule has 0 unspecified atom stereocenters. The van der Waals surface area contributed by atoms with Crippen LogP contribution < -0.4 is 0 Å². The molecule has 0 spiro atoms. The van der Waals surface area contributed by atoms with Crippen LogP contribution in [0.15, 0.2) is 6.20 Å². The Morgan fingerprint density at radius 2 is 2.33 bits per heavy atom. The van der Waals surface area contributed by atoms with Gasteiger partial charge >= 0.3 is 0 Å². The minimum Gasteiger partial charge on any atom is -0.380 e. The van der Waals surface area contributed by atoms with Crippen molar-refractivity contribution < 1.29 is 4.74 Å². The van der Waals surface area contributed by atoms with Gasteiger partial charge in [-0.05, 0) is 20.3 Å². The van der Waals surface area contributed by atoms with Crippen LogP contribution in [-0.2, 0) is 11.3 Å². The highest BCUT2D eigenvalue weighted by Gasteiger charge is 2.35. The van der Waals surface area contributed by atoms with Crippen LogP contribution in [0.3, 0.4) is 0 Å². The van der Waals surface area contributed by atoms with E-state index in [4.69, 9.17) is 9.72 Å². The van der Waals surface area contributed by atoms with Crippen LogP contribution in [0.1, 0.15) is 22.7 Å². The van der Waals surface area contributed by atoms with Gasteiger partial charge in [0.1, 0.15) is 0 Å². The molecule has 114 valence electrons. The summed E-state index contributed by atoms with van der Waals surface area (Å²) in [4.78, 5) is 9.85. The second-order valence-corrected chi connectivity index (χ2v) is 8.51. The lowest BCUT2D eigenvalue weighted by atomic mass is 10.1. The van der Waals surface area contributed by atoms with Crippen LogP contribution in [0.25, 0.3) is 4.96 Å². The van der Waals surface area contributed by atoms with Crippen molar-refractivity contribution in [3.05, 3.63) is 22.5 Å². The third-order valence-electron chi connectivity index (χ3n) is 4.54. The Bertz CT molecular complexity index is 649. The summed E-state index contributed by atoms with van der Waals surface area (Å²) in [6, 6.07) is 0.669. The molecule has 0 radical (unpaired) electrons. The number of ether oxygens (including phenoxy) is 1. The van der Waals surface area contributed by atoms with E-state index in [9.17, 15) is 0 Å². The molecule has 4 rings (SSSR count). The number of hydrogen-bond donors (Lipinski definition) is 0. The van der Waals surface area contributed by atoms with Gasteiger partial charge in [0.15, 0.2) is 4.96 Å². The van der Waals surface area contributed by atoms with Crippen LogP contribution in [-0.4, -0.2) is 51.1 Å². The van der Waals surface area contributed by atoms with E-state index in [1.54, 1.807) is 11.3 Å². The largest absolute Gasteiger partial charge is 0.380 e. The van der Waals surface area contributed by atoms with Crippen molar-refractivity contribution >= 4 is 28.1 Å². The van der Waals surface area contributed by atoms with Crippen molar-refractivity contribution in [2.45, 2.75) is 38.1 Å². The molecule has 2 aromatic heterocycles. The predicted molar refractivity (Wildman–Crippen MR) is 88.4 cm³/mol. The number of thioether (sulfide) groups is 1. The lowest BCUT2D eigenvalue weighted by molar-refractivity contribution is 0.0346. The monoisotopic (exact) mass is 323 g/mol. The van der Waals surface area contributed by atoms with Gasteiger partial charge in [0.25, 0.3) is 0 Å². The molecular weight excluding hydrogens is 302 g/mol. The first-order valence-corrected chi connectivity index (χ1v) is 9.46. The summed E-state index contributed by atoms with van der Waals surface area (Å²) in [5.41, 5.74) is 2.55. The fourth-order valence-corrected chi connectivity index (χ4v) is 5.71. The molecule has 2 saturated heterocycles. The zero-order valence-corrected chi connectivity index (χ0v) is 14.2. The van der Waals surface area contributed by atoms with Gasteiger partial charge in [0, 0.05) is 47.8 Å². The molecule has 2 aliphatic heterocycles. The summed E-state index contributed by atoms with van der Waals surface area (Å²) < 4.78 is 7.95. The maximum absolute atomic E-state index is 5.66. The molecule has 21 heavy (non-hydrogen) atoms. The molecule has 4 heterocycles. The van der Waals surface area contributed by atoms with E-state index < -0.39 is 0 Å². The first kappa shape index (κ1) is 14.1. The highest BCUT2D eigenvalue weighted by Crippen LogP contribution is 2.32. The normalized spacial score (nSPS) is 27.1. The van der Waals surface area contributed by atoms with Crippen molar-refractivity contribution in [1.29, 1.82) is 0 Å². The van der Waals surface area contributed by atoms with Crippen molar-refractivity contribution in [3.8, 4) is 0 Å². The van der Waals surface area contributed by atoms with E-state index in [2.05, 4.69) is 41.1 Å². The summed E-state index contributed by atoms with van der Waals surface area (Å²) in [5.74, 6) is 1.22. The summed E-state index contributed by atoms with van der Waals surface area (Å²) in [6.07, 6.45) is 3.40. The van der Waals surface area contributed by atoms with Crippen molar-refractivity contribution in [3.63, 3.8) is 0 Å². The molecule has 0 aromatic carbocycles. The standard InChI is InChI=1S/C15H21N3OS2/c1-10-7-18-13(11(2)16-15(18)21-10)8-17-4-6-20-14-9-19-5-3-12(14)17/h7,12,14H,3-6,8-9H2,1-2H3/t12-,14+/m0/s1. The second kappa shape index (κ2) is 5.57. The summed E-state index contributed by atoms with van der Waals surface area (Å²) >= 11 is 3.87. The van der Waals surface area contributed by atoms with Crippen LogP contribution >= 0.6 is 23.1 Å². The van der Waals surface area contributed by atoms with E-state index in [0.717, 1.165) is 24.7 Å². The number of aromatic nitrogens is 2. The van der Waals surface area contributed by atoms with Gasteiger partial charge in [0.2, 0.25) is 0 Å². The van der Waals surface area contributed by atoms with E-state index in [1.807, 2.05) is 0 Å². The average molecular weight is 323 g/mol. The fourth-order valence-electron chi connectivity index (χ4n) is 3.45. The van der Waals surface area contributed by atoms with Gasteiger partial charge in [-0.15, -0.1) is 11.3 Å². The lowest BCUT2D eigenvalue weighted by Crippen LogP contribution is -2.51. The van der Waals surface area contributed by atoms with Gasteiger partial charge in [0.05, 0.1) is 18.0 Å². The van der Waals surface area contributed by atoms with Crippen LogP contribution in [0.5, 0.6) is 0 Å². The fraction of sp³-hybridized carbons (Fsp3) is 0.667. The molecule has 0 saturated carbocycles. The molecule has 2 aromatic rings. The van der Waals surface area contributed by atoms with E-state index in [0.29, 0.717) is 11.3 Å². The Morgan fingerprint density at radius 3 is 3.24 bits per heavy atom. The van der Waals surface area contributed by atoms with E-state index in [1.165, 1.54) is 35.0 Å². The number of aryl methyl sites for hydroxylation is 2. The van der Waals surface area contributed by atoms with Gasteiger partial charge < -0.3 is 4.74 Å².